The lowest BCUT2D eigenvalue weighted by atomic mass is 9.94. The van der Waals surface area contributed by atoms with Gasteiger partial charge in [-0.1, -0.05) is 44.5 Å². The van der Waals surface area contributed by atoms with E-state index in [0.29, 0.717) is 29.4 Å². The van der Waals surface area contributed by atoms with Gasteiger partial charge in [0, 0.05) is 29.5 Å². The van der Waals surface area contributed by atoms with E-state index in [0.717, 1.165) is 5.39 Å². The topological polar surface area (TPSA) is 92.8 Å². The molecule has 0 spiro atoms. The lowest BCUT2D eigenvalue weighted by molar-refractivity contribution is -0.146. The SMILES string of the molecule is CC[C@@H](C)[C@H](NC(=O)CCCN1C(=O)c2cccc3cccc(c23)C1=O)C(=O)OC. The molecular weight excluding hydrogens is 384 g/mol. The van der Waals surface area contributed by atoms with Crippen LogP contribution in [0.3, 0.4) is 0 Å². The highest BCUT2D eigenvalue weighted by Gasteiger charge is 2.32. The highest BCUT2D eigenvalue weighted by Crippen LogP contribution is 2.30. The summed E-state index contributed by atoms with van der Waals surface area (Å²) in [6, 6.07) is 10.1. The molecule has 7 nitrogen and oxygen atoms in total. The molecule has 2 aromatic rings. The van der Waals surface area contributed by atoms with Crippen LogP contribution in [0, 0.1) is 5.92 Å². The van der Waals surface area contributed by atoms with Gasteiger partial charge in [0.2, 0.25) is 5.91 Å². The van der Waals surface area contributed by atoms with Crippen LogP contribution in [0.15, 0.2) is 36.4 Å². The van der Waals surface area contributed by atoms with Gasteiger partial charge in [-0.25, -0.2) is 4.79 Å². The Hall–Kier alpha value is -3.22. The van der Waals surface area contributed by atoms with E-state index in [-0.39, 0.29) is 36.6 Å². The van der Waals surface area contributed by atoms with Crippen molar-refractivity contribution < 1.29 is 23.9 Å². The molecular formula is C23H26N2O5. The number of nitrogens with one attached hydrogen (secondary N) is 1. The molecule has 1 heterocycles. The highest BCUT2D eigenvalue weighted by molar-refractivity contribution is 6.25. The van der Waals surface area contributed by atoms with Crippen LogP contribution in [0.2, 0.25) is 0 Å². The van der Waals surface area contributed by atoms with Crippen molar-refractivity contribution >= 4 is 34.5 Å². The number of hydrogen-bond acceptors (Lipinski definition) is 5. The quantitative estimate of drug-likeness (QED) is 0.534. The Bertz CT molecular complexity index is 950. The van der Waals surface area contributed by atoms with Gasteiger partial charge < -0.3 is 10.1 Å². The molecule has 0 fully saturated rings. The standard InChI is InChI=1S/C23H26N2O5/c1-4-14(2)20(23(29)30-3)24-18(26)12-7-13-25-21(27)16-10-5-8-15-9-6-11-17(19(15)16)22(25)28/h5-6,8-11,14,20H,4,7,12-13H2,1-3H3,(H,24,26)/t14-,20+/m1/s1. The van der Waals surface area contributed by atoms with Gasteiger partial charge in [0.15, 0.2) is 0 Å². The number of nitrogens with zero attached hydrogens (tertiary/aromatic N) is 1. The zero-order chi connectivity index (χ0) is 21.8. The molecule has 30 heavy (non-hydrogen) atoms. The average molecular weight is 410 g/mol. The zero-order valence-electron chi connectivity index (χ0n) is 17.4. The second-order valence-electron chi connectivity index (χ2n) is 7.53. The van der Waals surface area contributed by atoms with Gasteiger partial charge in [-0.05, 0) is 29.9 Å². The Balaban J connectivity index is 1.65. The fourth-order valence-electron chi connectivity index (χ4n) is 3.72. The fraction of sp³-hybridized carbons (Fsp3) is 0.391. The normalized spacial score (nSPS) is 15.1. The molecule has 0 saturated carbocycles. The Morgan fingerprint density at radius 2 is 1.67 bits per heavy atom. The highest BCUT2D eigenvalue weighted by atomic mass is 16.5. The molecule has 0 aliphatic carbocycles. The van der Waals surface area contributed by atoms with Crippen LogP contribution in [-0.2, 0) is 14.3 Å². The van der Waals surface area contributed by atoms with Crippen LogP contribution >= 0.6 is 0 Å². The van der Waals surface area contributed by atoms with Crippen molar-refractivity contribution in [3.05, 3.63) is 47.5 Å². The predicted molar refractivity (Wildman–Crippen MR) is 112 cm³/mol. The molecule has 158 valence electrons. The third-order valence-corrected chi connectivity index (χ3v) is 5.63. The van der Waals surface area contributed by atoms with Crippen molar-refractivity contribution in [2.45, 2.75) is 39.2 Å². The van der Waals surface area contributed by atoms with Crippen molar-refractivity contribution in [3.63, 3.8) is 0 Å². The van der Waals surface area contributed by atoms with Crippen molar-refractivity contribution in [2.75, 3.05) is 13.7 Å². The first-order chi connectivity index (χ1) is 14.4. The minimum absolute atomic E-state index is 0.0661. The van der Waals surface area contributed by atoms with Gasteiger partial charge >= 0.3 is 5.97 Å². The number of hydrogen-bond donors (Lipinski definition) is 1. The first-order valence-corrected chi connectivity index (χ1v) is 10.1. The molecule has 0 radical (unpaired) electrons. The minimum atomic E-state index is -0.713. The van der Waals surface area contributed by atoms with Crippen molar-refractivity contribution in [1.82, 2.24) is 10.2 Å². The number of carbonyl (C=O) groups excluding carboxylic acids is 4. The van der Waals surface area contributed by atoms with E-state index in [2.05, 4.69) is 5.32 Å². The molecule has 2 aromatic carbocycles. The zero-order valence-corrected chi connectivity index (χ0v) is 17.4. The fourth-order valence-corrected chi connectivity index (χ4v) is 3.72. The number of ether oxygens (including phenoxy) is 1. The molecule has 0 bridgehead atoms. The third kappa shape index (κ3) is 4.06. The van der Waals surface area contributed by atoms with Crippen LogP contribution in [0.25, 0.3) is 10.8 Å². The summed E-state index contributed by atoms with van der Waals surface area (Å²) in [5, 5.41) is 4.24. The number of imide groups is 1. The summed E-state index contributed by atoms with van der Waals surface area (Å²) < 4.78 is 4.77. The first kappa shape index (κ1) is 21.5. The molecule has 3 amide bonds. The van der Waals surface area contributed by atoms with E-state index in [9.17, 15) is 19.2 Å². The number of carbonyl (C=O) groups is 4. The molecule has 7 heteroatoms. The maximum absolute atomic E-state index is 12.9. The third-order valence-electron chi connectivity index (χ3n) is 5.63. The summed E-state index contributed by atoms with van der Waals surface area (Å²) in [5.41, 5.74) is 0.990. The van der Waals surface area contributed by atoms with Crippen molar-refractivity contribution in [2.24, 2.45) is 5.92 Å². The van der Waals surface area contributed by atoms with E-state index in [4.69, 9.17) is 4.74 Å². The molecule has 0 unspecified atom stereocenters. The number of esters is 1. The maximum Gasteiger partial charge on any atom is 0.328 e. The molecule has 1 aliphatic heterocycles. The van der Waals surface area contributed by atoms with Crippen LogP contribution < -0.4 is 5.32 Å². The Morgan fingerprint density at radius 1 is 1.07 bits per heavy atom. The second kappa shape index (κ2) is 9.07. The summed E-state index contributed by atoms with van der Waals surface area (Å²) in [5.74, 6) is -1.56. The van der Waals surface area contributed by atoms with Crippen LogP contribution in [0.5, 0.6) is 0 Å². The second-order valence-corrected chi connectivity index (χ2v) is 7.53. The van der Waals surface area contributed by atoms with Crippen LogP contribution in [-0.4, -0.2) is 48.3 Å². The van der Waals surface area contributed by atoms with Crippen LogP contribution in [0.4, 0.5) is 0 Å². The van der Waals surface area contributed by atoms with Crippen molar-refractivity contribution in [1.29, 1.82) is 0 Å². The summed E-state index contributed by atoms with van der Waals surface area (Å²) >= 11 is 0. The van der Waals surface area contributed by atoms with Crippen molar-refractivity contribution in [3.8, 4) is 0 Å². The number of amides is 3. The smallest absolute Gasteiger partial charge is 0.328 e. The first-order valence-electron chi connectivity index (χ1n) is 10.1. The molecule has 2 atom stereocenters. The van der Waals surface area contributed by atoms with E-state index in [1.165, 1.54) is 12.0 Å². The van der Waals surface area contributed by atoms with E-state index in [1.54, 1.807) is 24.3 Å². The Labute approximate surface area is 175 Å². The monoisotopic (exact) mass is 410 g/mol. The predicted octanol–water partition coefficient (Wildman–Crippen LogP) is 2.92. The number of methoxy groups -OCH3 is 1. The summed E-state index contributed by atoms with van der Waals surface area (Å²) in [7, 11) is 1.29. The largest absolute Gasteiger partial charge is 0.467 e. The lowest BCUT2D eigenvalue weighted by Crippen LogP contribution is -2.46. The van der Waals surface area contributed by atoms with Gasteiger partial charge in [-0.2, -0.15) is 0 Å². The molecule has 0 saturated heterocycles. The van der Waals surface area contributed by atoms with E-state index < -0.39 is 12.0 Å². The summed E-state index contributed by atoms with van der Waals surface area (Å²) in [6.07, 6.45) is 1.10. The number of benzene rings is 2. The molecule has 1 N–H and O–H groups in total. The Kier molecular flexibility index (Phi) is 6.50. The van der Waals surface area contributed by atoms with Gasteiger partial charge in [0.25, 0.3) is 11.8 Å². The molecule has 1 aliphatic rings. The van der Waals surface area contributed by atoms with Gasteiger partial charge in [0.1, 0.15) is 6.04 Å². The molecule has 3 rings (SSSR count). The lowest BCUT2D eigenvalue weighted by Gasteiger charge is -2.27. The van der Waals surface area contributed by atoms with Crippen LogP contribution in [0.1, 0.15) is 53.8 Å². The van der Waals surface area contributed by atoms with Gasteiger partial charge in [-0.15, -0.1) is 0 Å². The van der Waals surface area contributed by atoms with Gasteiger partial charge in [0.05, 0.1) is 7.11 Å². The minimum Gasteiger partial charge on any atom is -0.467 e. The number of rotatable bonds is 8. The summed E-state index contributed by atoms with van der Waals surface area (Å²) in [4.78, 5) is 51.2. The van der Waals surface area contributed by atoms with Gasteiger partial charge in [-0.3, -0.25) is 19.3 Å². The maximum atomic E-state index is 12.9. The van der Waals surface area contributed by atoms with E-state index in [1.807, 2.05) is 26.0 Å². The van der Waals surface area contributed by atoms with E-state index >= 15 is 0 Å². The average Bonchev–Trinajstić information content (AvgIpc) is 2.76. The molecule has 0 aromatic heterocycles. The Morgan fingerprint density at radius 3 is 2.20 bits per heavy atom. The summed E-state index contributed by atoms with van der Waals surface area (Å²) in [6.45, 7) is 3.92.